The quantitative estimate of drug-likeness (QED) is 0.288. The minimum Gasteiger partial charge on any atom is -0.493 e. The lowest BCUT2D eigenvalue weighted by Crippen LogP contribution is -2.39. The summed E-state index contributed by atoms with van der Waals surface area (Å²) < 4.78 is 36.7. The van der Waals surface area contributed by atoms with E-state index in [1.54, 1.807) is 36.4 Å². The van der Waals surface area contributed by atoms with Crippen LogP contribution >= 0.6 is 27.5 Å². The van der Waals surface area contributed by atoms with E-state index in [0.717, 1.165) is 10.6 Å². The molecule has 31 heavy (non-hydrogen) atoms. The molecule has 0 aliphatic rings. The van der Waals surface area contributed by atoms with Crippen LogP contribution in [0.1, 0.15) is 5.56 Å². The Hall–Kier alpha value is -2.56. The number of sulfonamides is 1. The first-order valence-corrected chi connectivity index (χ1v) is 11.8. The topological polar surface area (TPSA) is 97.3 Å². The second kappa shape index (κ2) is 11.2. The second-order valence-electron chi connectivity index (χ2n) is 6.18. The lowest BCUT2D eigenvalue weighted by atomic mass is 10.2. The Bertz CT molecular complexity index is 1090. The molecular formula is C20H21BrClN3O5S. The molecule has 0 fully saturated rings. The highest BCUT2D eigenvalue weighted by Gasteiger charge is 2.21. The van der Waals surface area contributed by atoms with Gasteiger partial charge in [0.25, 0.3) is 5.91 Å². The summed E-state index contributed by atoms with van der Waals surface area (Å²) in [4.78, 5) is 12.3. The number of carbonyl (C=O) groups excluding carboxylic acids is 1. The second-order valence-corrected chi connectivity index (χ2v) is 9.37. The van der Waals surface area contributed by atoms with Crippen LogP contribution in [0.5, 0.6) is 11.5 Å². The van der Waals surface area contributed by atoms with Crippen LogP contribution in [0, 0.1) is 0 Å². The number of methoxy groups -OCH3 is 1. The van der Waals surface area contributed by atoms with Crippen molar-refractivity contribution in [2.45, 2.75) is 0 Å². The fourth-order valence-electron chi connectivity index (χ4n) is 2.47. The Morgan fingerprint density at radius 2 is 2.10 bits per heavy atom. The molecule has 2 rings (SSSR count). The normalized spacial score (nSPS) is 11.2. The van der Waals surface area contributed by atoms with E-state index in [1.165, 1.54) is 19.4 Å². The van der Waals surface area contributed by atoms with E-state index >= 15 is 0 Å². The monoisotopic (exact) mass is 529 g/mol. The Balaban J connectivity index is 2.12. The molecule has 1 amide bonds. The first-order valence-electron chi connectivity index (χ1n) is 8.82. The van der Waals surface area contributed by atoms with Gasteiger partial charge in [-0.25, -0.2) is 13.8 Å². The highest BCUT2D eigenvalue weighted by atomic mass is 79.9. The molecule has 2 aromatic rings. The van der Waals surface area contributed by atoms with Crippen LogP contribution in [0.15, 0.2) is 58.6 Å². The van der Waals surface area contributed by atoms with Gasteiger partial charge in [0.15, 0.2) is 11.5 Å². The summed E-state index contributed by atoms with van der Waals surface area (Å²) in [5, 5.41) is 4.24. The third kappa shape index (κ3) is 7.27. The molecule has 0 spiro atoms. The molecule has 166 valence electrons. The van der Waals surface area contributed by atoms with Gasteiger partial charge < -0.3 is 9.47 Å². The van der Waals surface area contributed by atoms with Crippen molar-refractivity contribution < 1.29 is 22.7 Å². The predicted octanol–water partition coefficient (Wildman–Crippen LogP) is 3.59. The highest BCUT2D eigenvalue weighted by Crippen LogP contribution is 2.36. The van der Waals surface area contributed by atoms with Crippen LogP contribution in [-0.2, 0) is 14.8 Å². The molecule has 0 radical (unpaired) electrons. The smallest absolute Gasteiger partial charge is 0.260 e. The van der Waals surface area contributed by atoms with Gasteiger partial charge in [-0.3, -0.25) is 9.10 Å². The van der Waals surface area contributed by atoms with Crippen LogP contribution in [0.3, 0.4) is 0 Å². The summed E-state index contributed by atoms with van der Waals surface area (Å²) >= 11 is 9.33. The highest BCUT2D eigenvalue weighted by molar-refractivity contribution is 9.10. The molecule has 0 aliphatic heterocycles. The van der Waals surface area contributed by atoms with Crippen molar-refractivity contribution in [3.8, 4) is 11.5 Å². The van der Waals surface area contributed by atoms with E-state index in [1.807, 2.05) is 0 Å². The van der Waals surface area contributed by atoms with Crippen LogP contribution in [0.4, 0.5) is 5.69 Å². The molecule has 0 aliphatic carbocycles. The number of anilines is 1. The van der Waals surface area contributed by atoms with Gasteiger partial charge in [0.05, 0.1) is 29.7 Å². The van der Waals surface area contributed by atoms with E-state index in [2.05, 4.69) is 33.0 Å². The van der Waals surface area contributed by atoms with Gasteiger partial charge in [-0.05, 0) is 51.8 Å². The Kier molecular flexibility index (Phi) is 8.90. The third-order valence-corrected chi connectivity index (χ3v) is 5.75. The molecular weight excluding hydrogens is 510 g/mol. The van der Waals surface area contributed by atoms with Crippen LogP contribution < -0.4 is 19.2 Å². The Morgan fingerprint density at radius 1 is 1.35 bits per heavy atom. The molecule has 0 saturated carbocycles. The number of hydrogen-bond acceptors (Lipinski definition) is 6. The van der Waals surface area contributed by atoms with Gasteiger partial charge in [-0.15, -0.1) is 0 Å². The maximum absolute atomic E-state index is 12.3. The zero-order valence-corrected chi connectivity index (χ0v) is 20.0. The van der Waals surface area contributed by atoms with Gasteiger partial charge in [-0.2, -0.15) is 5.10 Å². The standard InChI is InChI=1S/C20H21BrClN3O5S/c1-4-8-30-20-17(21)9-14(10-18(20)29-2)12-23-24-19(26)13-25(31(3,27)28)16-7-5-6-15(22)11-16/h4-7,9-12H,1,8,13H2,2-3H3,(H,24,26)/b23-12-. The van der Waals surface area contributed by atoms with Crippen molar-refractivity contribution in [2.24, 2.45) is 5.10 Å². The van der Waals surface area contributed by atoms with E-state index in [4.69, 9.17) is 21.1 Å². The van der Waals surface area contributed by atoms with E-state index in [-0.39, 0.29) is 5.69 Å². The van der Waals surface area contributed by atoms with Crippen molar-refractivity contribution in [3.05, 3.63) is 64.1 Å². The number of halogens is 2. The molecule has 0 atom stereocenters. The van der Waals surface area contributed by atoms with Crippen molar-refractivity contribution in [2.75, 3.05) is 30.8 Å². The van der Waals surface area contributed by atoms with Gasteiger partial charge >= 0.3 is 0 Å². The first-order chi connectivity index (χ1) is 14.7. The number of ether oxygens (including phenoxy) is 2. The molecule has 0 unspecified atom stereocenters. The SMILES string of the molecule is C=CCOc1c(Br)cc(/C=N\NC(=O)CN(c2cccc(Cl)c2)S(C)(=O)=O)cc1OC. The summed E-state index contributed by atoms with van der Waals surface area (Å²) in [7, 11) is -2.21. The largest absolute Gasteiger partial charge is 0.493 e. The van der Waals surface area contributed by atoms with Gasteiger partial charge in [0.1, 0.15) is 13.2 Å². The molecule has 11 heteroatoms. The first kappa shape index (κ1) is 24.7. The lowest BCUT2D eigenvalue weighted by Gasteiger charge is -2.21. The minimum atomic E-state index is -3.72. The Morgan fingerprint density at radius 3 is 2.71 bits per heavy atom. The van der Waals surface area contributed by atoms with Crippen LogP contribution in [-0.4, -0.2) is 47.1 Å². The van der Waals surface area contributed by atoms with E-state index in [9.17, 15) is 13.2 Å². The maximum Gasteiger partial charge on any atom is 0.260 e. The number of nitrogens with one attached hydrogen (secondary N) is 1. The average Bonchev–Trinajstić information content (AvgIpc) is 2.70. The van der Waals surface area contributed by atoms with Gasteiger partial charge in [0.2, 0.25) is 10.0 Å². The predicted molar refractivity (Wildman–Crippen MR) is 126 cm³/mol. The fraction of sp³-hybridized carbons (Fsp3) is 0.200. The maximum atomic E-state index is 12.3. The van der Waals surface area contributed by atoms with Crippen molar-refractivity contribution >= 4 is 55.4 Å². The average molecular weight is 531 g/mol. The van der Waals surface area contributed by atoms with Crippen LogP contribution in [0.2, 0.25) is 5.02 Å². The lowest BCUT2D eigenvalue weighted by molar-refractivity contribution is -0.119. The zero-order valence-electron chi connectivity index (χ0n) is 16.8. The fourth-order valence-corrected chi connectivity index (χ4v) is 4.08. The van der Waals surface area contributed by atoms with Crippen molar-refractivity contribution in [3.63, 3.8) is 0 Å². The number of nitrogens with zero attached hydrogens (tertiary/aromatic N) is 2. The number of amides is 1. The molecule has 0 heterocycles. The third-order valence-electron chi connectivity index (χ3n) is 3.78. The number of benzene rings is 2. The molecule has 2 aromatic carbocycles. The molecule has 0 saturated heterocycles. The molecule has 8 nitrogen and oxygen atoms in total. The molecule has 1 N–H and O–H groups in total. The zero-order chi connectivity index (χ0) is 23.0. The minimum absolute atomic E-state index is 0.276. The number of rotatable bonds is 10. The number of hydrogen-bond donors (Lipinski definition) is 1. The van der Waals surface area contributed by atoms with Crippen molar-refractivity contribution in [1.29, 1.82) is 0 Å². The molecule has 0 bridgehead atoms. The van der Waals surface area contributed by atoms with E-state index < -0.39 is 22.5 Å². The van der Waals surface area contributed by atoms with Gasteiger partial charge in [-0.1, -0.05) is 30.3 Å². The summed E-state index contributed by atoms with van der Waals surface area (Å²) in [5.74, 6) is 0.348. The Labute approximate surface area is 194 Å². The summed E-state index contributed by atoms with van der Waals surface area (Å²) in [6.07, 6.45) is 4.01. The molecule has 0 aromatic heterocycles. The summed E-state index contributed by atoms with van der Waals surface area (Å²) in [6.45, 7) is 3.45. The summed E-state index contributed by atoms with van der Waals surface area (Å²) in [5.41, 5.74) is 3.21. The van der Waals surface area contributed by atoms with Crippen molar-refractivity contribution in [1.82, 2.24) is 5.43 Å². The number of carbonyl (C=O) groups is 1. The van der Waals surface area contributed by atoms with E-state index in [0.29, 0.717) is 33.2 Å². The van der Waals surface area contributed by atoms with Crippen LogP contribution in [0.25, 0.3) is 0 Å². The number of hydrazone groups is 1. The summed E-state index contributed by atoms with van der Waals surface area (Å²) in [6, 6.07) is 9.61. The van der Waals surface area contributed by atoms with Gasteiger partial charge in [0, 0.05) is 5.02 Å².